The van der Waals surface area contributed by atoms with Gasteiger partial charge in [0.25, 0.3) is 11.5 Å². The lowest BCUT2D eigenvalue weighted by molar-refractivity contribution is 0.0368. The molecule has 0 spiro atoms. The smallest absolute Gasteiger partial charge is 0.251 e. The maximum atomic E-state index is 11.8. The SMILES string of the molecule is CC(C)CC(C)(O)CNC(=O)c1cc(O)[nH]c(=O)c1. The first-order valence-corrected chi connectivity index (χ1v) is 6.13. The first-order chi connectivity index (χ1) is 8.69. The topological polar surface area (TPSA) is 102 Å². The Morgan fingerprint density at radius 1 is 1.47 bits per heavy atom. The van der Waals surface area contributed by atoms with E-state index in [1.54, 1.807) is 6.92 Å². The first kappa shape index (κ1) is 15.2. The van der Waals surface area contributed by atoms with Gasteiger partial charge in [0.2, 0.25) is 0 Å². The molecular formula is C13H20N2O4. The van der Waals surface area contributed by atoms with Crippen molar-refractivity contribution in [1.82, 2.24) is 10.3 Å². The third kappa shape index (κ3) is 5.13. The van der Waals surface area contributed by atoms with Crippen molar-refractivity contribution in [3.8, 4) is 5.88 Å². The molecule has 0 bridgehead atoms. The van der Waals surface area contributed by atoms with Crippen LogP contribution in [0.5, 0.6) is 5.88 Å². The zero-order valence-electron chi connectivity index (χ0n) is 11.4. The summed E-state index contributed by atoms with van der Waals surface area (Å²) in [6.45, 7) is 5.68. The van der Waals surface area contributed by atoms with Gasteiger partial charge in [0.15, 0.2) is 5.88 Å². The minimum absolute atomic E-state index is 0.0570. The summed E-state index contributed by atoms with van der Waals surface area (Å²) in [6, 6.07) is 2.25. The molecule has 0 radical (unpaired) electrons. The Kier molecular flexibility index (Phi) is 4.72. The Hall–Kier alpha value is -1.82. The van der Waals surface area contributed by atoms with Crippen LogP contribution in [0.2, 0.25) is 0 Å². The lowest BCUT2D eigenvalue weighted by Crippen LogP contribution is -2.41. The number of pyridine rings is 1. The van der Waals surface area contributed by atoms with Gasteiger partial charge in [-0.2, -0.15) is 0 Å². The molecule has 4 N–H and O–H groups in total. The molecule has 0 fully saturated rings. The number of nitrogens with one attached hydrogen (secondary N) is 2. The quantitative estimate of drug-likeness (QED) is 0.628. The molecule has 0 aromatic carbocycles. The third-order valence-electron chi connectivity index (χ3n) is 2.57. The molecule has 106 valence electrons. The van der Waals surface area contributed by atoms with E-state index in [1.807, 2.05) is 13.8 Å². The molecular weight excluding hydrogens is 248 g/mol. The Morgan fingerprint density at radius 3 is 2.63 bits per heavy atom. The second kappa shape index (κ2) is 5.88. The van der Waals surface area contributed by atoms with E-state index >= 15 is 0 Å². The van der Waals surface area contributed by atoms with Crippen LogP contribution in [0.15, 0.2) is 16.9 Å². The van der Waals surface area contributed by atoms with Gasteiger partial charge in [-0.25, -0.2) is 0 Å². The van der Waals surface area contributed by atoms with Crippen LogP contribution in [0.1, 0.15) is 37.6 Å². The van der Waals surface area contributed by atoms with E-state index in [4.69, 9.17) is 0 Å². The molecule has 0 saturated carbocycles. The zero-order valence-corrected chi connectivity index (χ0v) is 11.4. The van der Waals surface area contributed by atoms with E-state index in [0.717, 1.165) is 12.1 Å². The normalized spacial score (nSPS) is 14.2. The van der Waals surface area contributed by atoms with Gasteiger partial charge in [-0.1, -0.05) is 13.8 Å². The highest BCUT2D eigenvalue weighted by Crippen LogP contribution is 2.15. The van der Waals surface area contributed by atoms with Gasteiger partial charge < -0.3 is 15.5 Å². The number of carbonyl (C=O) groups is 1. The summed E-state index contributed by atoms with van der Waals surface area (Å²) in [4.78, 5) is 25.0. The highest BCUT2D eigenvalue weighted by molar-refractivity contribution is 5.94. The van der Waals surface area contributed by atoms with Gasteiger partial charge in [-0.3, -0.25) is 14.6 Å². The van der Waals surface area contributed by atoms with Crippen molar-refractivity contribution in [2.75, 3.05) is 6.54 Å². The fourth-order valence-corrected chi connectivity index (χ4v) is 1.98. The van der Waals surface area contributed by atoms with Gasteiger partial charge in [0.05, 0.1) is 11.2 Å². The summed E-state index contributed by atoms with van der Waals surface area (Å²) >= 11 is 0. The number of aliphatic hydroxyl groups is 1. The molecule has 6 heteroatoms. The van der Waals surface area contributed by atoms with Crippen LogP contribution in [0.3, 0.4) is 0 Å². The molecule has 1 amide bonds. The Morgan fingerprint density at radius 2 is 2.11 bits per heavy atom. The van der Waals surface area contributed by atoms with Crippen LogP contribution in [0.25, 0.3) is 0 Å². The minimum atomic E-state index is -1.01. The van der Waals surface area contributed by atoms with Crippen molar-refractivity contribution in [3.05, 3.63) is 28.0 Å². The van der Waals surface area contributed by atoms with E-state index in [-0.39, 0.29) is 18.0 Å². The number of rotatable bonds is 5. The number of amides is 1. The van der Waals surface area contributed by atoms with E-state index in [1.165, 1.54) is 0 Å². The lowest BCUT2D eigenvalue weighted by Gasteiger charge is -2.25. The van der Waals surface area contributed by atoms with E-state index < -0.39 is 17.1 Å². The fourth-order valence-electron chi connectivity index (χ4n) is 1.98. The zero-order chi connectivity index (χ0) is 14.6. The minimum Gasteiger partial charge on any atom is -0.494 e. The van der Waals surface area contributed by atoms with Gasteiger partial charge in [-0.05, 0) is 19.3 Å². The van der Waals surface area contributed by atoms with Gasteiger partial charge in [0.1, 0.15) is 0 Å². The van der Waals surface area contributed by atoms with E-state index in [0.29, 0.717) is 12.3 Å². The average molecular weight is 268 g/mol. The summed E-state index contributed by atoms with van der Waals surface area (Å²) in [5.74, 6) is -0.576. The van der Waals surface area contributed by atoms with Crippen LogP contribution in [0, 0.1) is 5.92 Å². The number of carbonyl (C=O) groups excluding carboxylic acids is 1. The number of aromatic hydroxyl groups is 1. The Balaban J connectivity index is 2.67. The Bertz CT molecular complexity index is 506. The summed E-state index contributed by atoms with van der Waals surface area (Å²) < 4.78 is 0. The van der Waals surface area contributed by atoms with Gasteiger partial charge >= 0.3 is 0 Å². The van der Waals surface area contributed by atoms with Crippen LogP contribution in [0.4, 0.5) is 0 Å². The fraction of sp³-hybridized carbons (Fsp3) is 0.538. The Labute approximate surface area is 111 Å². The molecule has 1 aromatic heterocycles. The maximum Gasteiger partial charge on any atom is 0.251 e. The second-order valence-electron chi connectivity index (χ2n) is 5.40. The largest absolute Gasteiger partial charge is 0.494 e. The third-order valence-corrected chi connectivity index (χ3v) is 2.57. The first-order valence-electron chi connectivity index (χ1n) is 6.13. The molecule has 1 atom stereocenters. The molecule has 1 heterocycles. The molecule has 19 heavy (non-hydrogen) atoms. The highest BCUT2D eigenvalue weighted by Gasteiger charge is 2.23. The molecule has 1 unspecified atom stereocenters. The number of aromatic amines is 1. The molecule has 1 rings (SSSR count). The molecule has 0 aliphatic heterocycles. The number of hydrogen-bond donors (Lipinski definition) is 4. The van der Waals surface area contributed by atoms with Gasteiger partial charge in [0, 0.05) is 18.7 Å². The van der Waals surface area contributed by atoms with Crippen molar-refractivity contribution in [1.29, 1.82) is 0 Å². The summed E-state index contributed by atoms with van der Waals surface area (Å²) in [5, 5.41) is 21.8. The van der Waals surface area contributed by atoms with E-state index in [2.05, 4.69) is 10.3 Å². The molecule has 0 aliphatic rings. The summed E-state index contributed by atoms with van der Waals surface area (Å²) in [5.41, 5.74) is -1.51. The van der Waals surface area contributed by atoms with Crippen molar-refractivity contribution in [2.24, 2.45) is 5.92 Å². The summed E-state index contributed by atoms with van der Waals surface area (Å²) in [6.07, 6.45) is 0.550. The predicted octanol–water partition coefficient (Wildman–Crippen LogP) is 0.607. The van der Waals surface area contributed by atoms with Crippen LogP contribution < -0.4 is 10.9 Å². The van der Waals surface area contributed by atoms with Crippen LogP contribution >= 0.6 is 0 Å². The van der Waals surface area contributed by atoms with Gasteiger partial charge in [-0.15, -0.1) is 0 Å². The maximum absolute atomic E-state index is 11.8. The van der Waals surface area contributed by atoms with Crippen molar-refractivity contribution < 1.29 is 15.0 Å². The molecule has 6 nitrogen and oxygen atoms in total. The van der Waals surface area contributed by atoms with Crippen molar-refractivity contribution in [3.63, 3.8) is 0 Å². The van der Waals surface area contributed by atoms with E-state index in [9.17, 15) is 19.8 Å². The average Bonchev–Trinajstić information content (AvgIpc) is 2.22. The molecule has 0 aliphatic carbocycles. The number of aromatic nitrogens is 1. The molecule has 1 aromatic rings. The lowest BCUT2D eigenvalue weighted by atomic mass is 9.94. The highest BCUT2D eigenvalue weighted by atomic mass is 16.3. The molecule has 0 saturated heterocycles. The van der Waals surface area contributed by atoms with Crippen molar-refractivity contribution in [2.45, 2.75) is 32.8 Å². The number of H-pyrrole nitrogens is 1. The monoisotopic (exact) mass is 268 g/mol. The summed E-state index contributed by atoms with van der Waals surface area (Å²) in [7, 11) is 0. The second-order valence-corrected chi connectivity index (χ2v) is 5.40. The van der Waals surface area contributed by atoms with Crippen LogP contribution in [-0.4, -0.2) is 33.3 Å². The predicted molar refractivity (Wildman–Crippen MR) is 71.1 cm³/mol. The van der Waals surface area contributed by atoms with Crippen molar-refractivity contribution >= 4 is 5.91 Å². The number of hydrogen-bond acceptors (Lipinski definition) is 4. The van der Waals surface area contributed by atoms with Crippen LogP contribution in [-0.2, 0) is 0 Å². The standard InChI is InChI=1S/C13H20N2O4/c1-8(2)6-13(3,19)7-14-12(18)9-4-10(16)15-11(17)5-9/h4-5,8,19H,6-7H2,1-3H3,(H,14,18)(H2,15,16,17).